The summed E-state index contributed by atoms with van der Waals surface area (Å²) in [5.74, 6) is -1.11. The number of hydrogen-bond acceptors (Lipinski definition) is 5. The number of likely N-dealkylation sites (tertiary alicyclic amines) is 1. The van der Waals surface area contributed by atoms with Crippen molar-refractivity contribution in [2.75, 3.05) is 33.4 Å². The molecular weight excluding hydrogens is 268 g/mol. The first-order chi connectivity index (χ1) is 9.47. The minimum absolute atomic E-state index is 0.0271. The van der Waals surface area contributed by atoms with Gasteiger partial charge in [0.15, 0.2) is 0 Å². The maximum Gasteiger partial charge on any atom is 0.326 e. The lowest BCUT2D eigenvalue weighted by molar-refractivity contribution is -0.141. The zero-order valence-corrected chi connectivity index (χ0v) is 11.4. The molecule has 0 aromatic rings. The predicted molar refractivity (Wildman–Crippen MR) is 67.3 cm³/mol. The van der Waals surface area contributed by atoms with Crippen molar-refractivity contribution in [1.29, 1.82) is 0 Å². The summed E-state index contributed by atoms with van der Waals surface area (Å²) in [6, 6.07) is -1.49. The first kappa shape index (κ1) is 15.0. The molecule has 1 unspecified atom stereocenters. The molecular formula is C12H20N2O6. The molecule has 0 aromatic carbocycles. The van der Waals surface area contributed by atoms with Gasteiger partial charge in [-0.15, -0.1) is 0 Å². The number of urea groups is 1. The van der Waals surface area contributed by atoms with Gasteiger partial charge in [0.25, 0.3) is 0 Å². The van der Waals surface area contributed by atoms with Crippen LogP contribution < -0.4 is 5.32 Å². The molecule has 2 saturated heterocycles. The van der Waals surface area contributed by atoms with Gasteiger partial charge in [0.2, 0.25) is 0 Å². The Kier molecular flexibility index (Phi) is 4.46. The smallest absolute Gasteiger partial charge is 0.326 e. The number of rotatable bonds is 4. The second-order valence-corrected chi connectivity index (χ2v) is 5.24. The number of carboxylic acid groups (broad SMARTS) is 1. The fourth-order valence-electron chi connectivity index (χ4n) is 2.57. The van der Waals surface area contributed by atoms with Crippen LogP contribution in [0, 0.1) is 0 Å². The molecule has 0 aromatic heterocycles. The lowest BCUT2D eigenvalue weighted by Gasteiger charge is -2.28. The minimum Gasteiger partial charge on any atom is -0.480 e. The van der Waals surface area contributed by atoms with E-state index in [9.17, 15) is 14.7 Å². The fourth-order valence-corrected chi connectivity index (χ4v) is 2.57. The van der Waals surface area contributed by atoms with Gasteiger partial charge in [0, 0.05) is 33.1 Å². The highest BCUT2D eigenvalue weighted by Crippen LogP contribution is 2.22. The Morgan fingerprint density at radius 2 is 2.30 bits per heavy atom. The monoisotopic (exact) mass is 288 g/mol. The number of aliphatic hydroxyl groups excluding tert-OH is 1. The number of nitrogens with one attached hydrogen (secondary N) is 1. The average molecular weight is 288 g/mol. The number of carboxylic acids is 1. The molecule has 0 bridgehead atoms. The Morgan fingerprint density at radius 1 is 1.55 bits per heavy atom. The van der Waals surface area contributed by atoms with E-state index in [1.807, 2.05) is 0 Å². The number of methoxy groups -OCH3 is 1. The molecule has 2 aliphatic heterocycles. The largest absolute Gasteiger partial charge is 0.480 e. The number of β-amino-alcohol motifs (C(OH)–C–C–N with tert-alkyl or cyclic N) is 1. The molecule has 2 rings (SSSR count). The number of carbonyl (C=O) groups is 2. The Labute approximate surface area is 116 Å². The molecule has 20 heavy (non-hydrogen) atoms. The second-order valence-electron chi connectivity index (χ2n) is 5.24. The van der Waals surface area contributed by atoms with Gasteiger partial charge in [-0.25, -0.2) is 9.59 Å². The van der Waals surface area contributed by atoms with Gasteiger partial charge >= 0.3 is 12.0 Å². The molecule has 0 saturated carbocycles. The van der Waals surface area contributed by atoms with Gasteiger partial charge in [-0.05, 0) is 0 Å². The third-order valence-corrected chi connectivity index (χ3v) is 3.89. The van der Waals surface area contributed by atoms with Crippen LogP contribution in [-0.4, -0.2) is 78.3 Å². The SMILES string of the molecule is COC1(CNC(=O)N2C[C@@H](O)C[C@H]2C(=O)O)CCOC1. The molecule has 2 aliphatic rings. The van der Waals surface area contributed by atoms with Crippen molar-refractivity contribution in [1.82, 2.24) is 10.2 Å². The highest BCUT2D eigenvalue weighted by molar-refractivity contribution is 5.83. The number of aliphatic hydroxyl groups is 1. The van der Waals surface area contributed by atoms with Crippen LogP contribution in [0.1, 0.15) is 12.8 Å². The van der Waals surface area contributed by atoms with E-state index >= 15 is 0 Å². The molecule has 0 spiro atoms. The molecule has 2 amide bonds. The number of carbonyl (C=O) groups excluding carboxylic acids is 1. The van der Waals surface area contributed by atoms with Gasteiger partial charge < -0.3 is 29.9 Å². The van der Waals surface area contributed by atoms with Crippen LogP contribution in [-0.2, 0) is 14.3 Å². The fraction of sp³-hybridized carbons (Fsp3) is 0.833. The van der Waals surface area contributed by atoms with Crippen LogP contribution in [0.5, 0.6) is 0 Å². The minimum atomic E-state index is -1.11. The lowest BCUT2D eigenvalue weighted by Crippen LogP contribution is -2.51. The summed E-state index contributed by atoms with van der Waals surface area (Å²) in [4.78, 5) is 24.3. The Balaban J connectivity index is 1.92. The number of nitrogens with zero attached hydrogens (tertiary/aromatic N) is 1. The summed E-state index contributed by atoms with van der Waals surface area (Å²) in [6.07, 6.45) is -0.0659. The van der Waals surface area contributed by atoms with Crippen molar-refractivity contribution >= 4 is 12.0 Å². The van der Waals surface area contributed by atoms with E-state index in [4.69, 9.17) is 14.6 Å². The van der Waals surface area contributed by atoms with Gasteiger partial charge in [-0.2, -0.15) is 0 Å². The topological polar surface area (TPSA) is 108 Å². The Morgan fingerprint density at radius 3 is 2.85 bits per heavy atom. The maximum atomic E-state index is 12.1. The highest BCUT2D eigenvalue weighted by atomic mass is 16.5. The zero-order valence-electron chi connectivity index (χ0n) is 11.4. The van der Waals surface area contributed by atoms with Crippen LogP contribution in [0.2, 0.25) is 0 Å². The van der Waals surface area contributed by atoms with Crippen molar-refractivity contribution in [3.05, 3.63) is 0 Å². The van der Waals surface area contributed by atoms with E-state index in [0.29, 0.717) is 19.6 Å². The lowest BCUT2D eigenvalue weighted by atomic mass is 10.0. The Bertz CT molecular complexity index is 382. The van der Waals surface area contributed by atoms with E-state index in [1.165, 1.54) is 0 Å². The van der Waals surface area contributed by atoms with Crippen molar-refractivity contribution in [3.63, 3.8) is 0 Å². The van der Waals surface area contributed by atoms with Crippen molar-refractivity contribution in [3.8, 4) is 0 Å². The molecule has 3 atom stereocenters. The Hall–Kier alpha value is -1.38. The van der Waals surface area contributed by atoms with E-state index in [0.717, 1.165) is 4.90 Å². The van der Waals surface area contributed by atoms with E-state index < -0.39 is 29.7 Å². The molecule has 0 radical (unpaired) electrons. The number of aliphatic carboxylic acids is 1. The van der Waals surface area contributed by atoms with Crippen LogP contribution in [0.3, 0.4) is 0 Å². The first-order valence-corrected chi connectivity index (χ1v) is 6.56. The summed E-state index contributed by atoms with van der Waals surface area (Å²) in [5, 5.41) is 21.2. The quantitative estimate of drug-likeness (QED) is 0.613. The maximum absolute atomic E-state index is 12.1. The van der Waals surface area contributed by atoms with E-state index in [2.05, 4.69) is 5.32 Å². The molecule has 2 fully saturated rings. The third kappa shape index (κ3) is 3.02. The van der Waals surface area contributed by atoms with Crippen molar-refractivity contribution < 1.29 is 29.3 Å². The summed E-state index contributed by atoms with van der Waals surface area (Å²) in [5.41, 5.74) is -0.549. The molecule has 2 heterocycles. The number of hydrogen-bond donors (Lipinski definition) is 3. The third-order valence-electron chi connectivity index (χ3n) is 3.89. The predicted octanol–water partition coefficient (Wildman–Crippen LogP) is -0.979. The summed E-state index contributed by atoms with van der Waals surface area (Å²) >= 11 is 0. The summed E-state index contributed by atoms with van der Waals surface area (Å²) < 4.78 is 10.6. The molecule has 3 N–H and O–H groups in total. The van der Waals surface area contributed by atoms with Crippen LogP contribution in [0.15, 0.2) is 0 Å². The standard InChI is InChI=1S/C12H20N2O6/c1-19-12(2-3-20-7-12)6-13-11(18)14-5-8(15)4-9(14)10(16)17/h8-9,15H,2-7H2,1H3,(H,13,18)(H,16,17)/t8-,9-,12?/m0/s1. The summed E-state index contributed by atoms with van der Waals surface area (Å²) in [7, 11) is 1.56. The first-order valence-electron chi connectivity index (χ1n) is 6.56. The van der Waals surface area contributed by atoms with E-state index in [1.54, 1.807) is 7.11 Å². The van der Waals surface area contributed by atoms with Gasteiger partial charge in [0.05, 0.1) is 19.3 Å². The molecule has 8 heteroatoms. The van der Waals surface area contributed by atoms with Crippen LogP contribution in [0.4, 0.5) is 4.79 Å². The van der Waals surface area contributed by atoms with Gasteiger partial charge in [0.1, 0.15) is 11.6 Å². The van der Waals surface area contributed by atoms with Gasteiger partial charge in [-0.3, -0.25) is 0 Å². The number of amides is 2. The molecule has 8 nitrogen and oxygen atoms in total. The summed E-state index contributed by atoms with van der Waals surface area (Å²) in [6.45, 7) is 1.25. The van der Waals surface area contributed by atoms with Crippen molar-refractivity contribution in [2.45, 2.75) is 30.6 Å². The number of ether oxygens (including phenoxy) is 2. The average Bonchev–Trinajstić information content (AvgIpc) is 3.03. The molecule has 114 valence electrons. The second kappa shape index (κ2) is 5.94. The zero-order chi connectivity index (χ0) is 14.8. The molecule has 0 aliphatic carbocycles. The van der Waals surface area contributed by atoms with Crippen LogP contribution >= 0.6 is 0 Å². The van der Waals surface area contributed by atoms with Crippen molar-refractivity contribution in [2.24, 2.45) is 0 Å². The van der Waals surface area contributed by atoms with Crippen LogP contribution in [0.25, 0.3) is 0 Å². The van der Waals surface area contributed by atoms with E-state index in [-0.39, 0.29) is 19.5 Å². The van der Waals surface area contributed by atoms with Gasteiger partial charge in [-0.1, -0.05) is 0 Å². The normalized spacial score (nSPS) is 33.4. The highest BCUT2D eigenvalue weighted by Gasteiger charge is 2.40.